The highest BCUT2D eigenvalue weighted by atomic mass is 16.7. The van der Waals surface area contributed by atoms with E-state index >= 15 is 0 Å². The molecule has 0 atom stereocenters. The normalized spacial score (nSPS) is 14.8. The lowest BCUT2D eigenvalue weighted by Gasteiger charge is -2.27. The van der Waals surface area contributed by atoms with Crippen LogP contribution in [0.4, 0.5) is 0 Å². The van der Waals surface area contributed by atoms with Crippen molar-refractivity contribution >= 4 is 5.97 Å². The highest BCUT2D eigenvalue weighted by Crippen LogP contribution is 2.20. The third kappa shape index (κ3) is 2.56. The Kier molecular flexibility index (Phi) is 3.49. The molecule has 1 aliphatic rings. The summed E-state index contributed by atoms with van der Waals surface area (Å²) in [6, 6.07) is 9.99. The summed E-state index contributed by atoms with van der Waals surface area (Å²) in [7, 11) is 0. The maximum Gasteiger partial charge on any atom is 0.395 e. The van der Waals surface area contributed by atoms with Gasteiger partial charge >= 0.3 is 5.97 Å². The zero-order valence-corrected chi connectivity index (χ0v) is 10.9. The van der Waals surface area contributed by atoms with Gasteiger partial charge in [-0.1, -0.05) is 29.4 Å². The SMILES string of the molecule is NOC(=O)c1cc(CN2CCc3ccccc3C2)no1. The summed E-state index contributed by atoms with van der Waals surface area (Å²) in [5, 5.41) is 3.86. The number of fused-ring (bicyclic) bond motifs is 1. The molecule has 6 heteroatoms. The Morgan fingerprint density at radius 3 is 3.00 bits per heavy atom. The fourth-order valence-corrected chi connectivity index (χ4v) is 2.46. The van der Waals surface area contributed by atoms with E-state index in [1.807, 2.05) is 6.07 Å². The van der Waals surface area contributed by atoms with Gasteiger partial charge < -0.3 is 9.36 Å². The first kappa shape index (κ1) is 12.8. The zero-order chi connectivity index (χ0) is 13.9. The predicted molar refractivity (Wildman–Crippen MR) is 70.4 cm³/mol. The Bertz CT molecular complexity index is 624. The topological polar surface area (TPSA) is 81.6 Å². The van der Waals surface area contributed by atoms with Crippen LogP contribution in [0.15, 0.2) is 34.9 Å². The van der Waals surface area contributed by atoms with Gasteiger partial charge in [0, 0.05) is 25.7 Å². The van der Waals surface area contributed by atoms with Crippen LogP contribution in [0.25, 0.3) is 0 Å². The first-order valence-electron chi connectivity index (χ1n) is 6.42. The average molecular weight is 273 g/mol. The Morgan fingerprint density at radius 2 is 2.20 bits per heavy atom. The van der Waals surface area contributed by atoms with E-state index in [-0.39, 0.29) is 5.76 Å². The molecule has 20 heavy (non-hydrogen) atoms. The van der Waals surface area contributed by atoms with Crippen LogP contribution in [0.2, 0.25) is 0 Å². The van der Waals surface area contributed by atoms with Crippen LogP contribution < -0.4 is 5.90 Å². The molecule has 2 N–H and O–H groups in total. The predicted octanol–water partition coefficient (Wildman–Crippen LogP) is 1.26. The molecule has 1 aromatic heterocycles. The summed E-state index contributed by atoms with van der Waals surface area (Å²) in [5.74, 6) is 4.12. The standard InChI is InChI=1S/C14H15N3O3/c15-19-14(18)13-7-12(16-20-13)9-17-6-5-10-3-1-2-4-11(10)8-17/h1-4,7H,5-6,8-9,15H2. The van der Waals surface area contributed by atoms with Crippen molar-refractivity contribution in [1.82, 2.24) is 10.1 Å². The quantitative estimate of drug-likeness (QED) is 0.848. The van der Waals surface area contributed by atoms with Gasteiger partial charge in [0.1, 0.15) is 0 Å². The summed E-state index contributed by atoms with van der Waals surface area (Å²) in [6.07, 6.45) is 1.02. The Balaban J connectivity index is 1.68. The maximum absolute atomic E-state index is 11.2. The van der Waals surface area contributed by atoms with Gasteiger partial charge in [0.25, 0.3) is 0 Å². The highest BCUT2D eigenvalue weighted by Gasteiger charge is 2.19. The molecule has 0 spiro atoms. The Labute approximate surface area is 116 Å². The van der Waals surface area contributed by atoms with Crippen LogP contribution in [-0.4, -0.2) is 22.6 Å². The molecule has 0 saturated carbocycles. The lowest BCUT2D eigenvalue weighted by molar-refractivity contribution is 0.0456. The van der Waals surface area contributed by atoms with E-state index in [4.69, 9.17) is 10.4 Å². The monoisotopic (exact) mass is 273 g/mol. The first-order chi connectivity index (χ1) is 9.76. The van der Waals surface area contributed by atoms with Gasteiger partial charge in [-0.25, -0.2) is 4.79 Å². The number of nitrogens with zero attached hydrogens (tertiary/aromatic N) is 2. The molecule has 0 radical (unpaired) electrons. The zero-order valence-electron chi connectivity index (χ0n) is 10.9. The number of nitrogens with two attached hydrogens (primary N) is 1. The lowest BCUT2D eigenvalue weighted by atomic mass is 10.00. The second kappa shape index (κ2) is 5.44. The van der Waals surface area contributed by atoms with Gasteiger partial charge in [0.15, 0.2) is 0 Å². The van der Waals surface area contributed by atoms with E-state index in [9.17, 15) is 4.79 Å². The molecule has 1 aliphatic heterocycles. The molecule has 6 nitrogen and oxygen atoms in total. The van der Waals surface area contributed by atoms with Crippen LogP contribution in [0, 0.1) is 0 Å². The van der Waals surface area contributed by atoms with Crippen molar-refractivity contribution in [1.29, 1.82) is 0 Å². The largest absolute Gasteiger partial charge is 0.395 e. The summed E-state index contributed by atoms with van der Waals surface area (Å²) in [4.78, 5) is 17.5. The minimum absolute atomic E-state index is 0.0277. The molecule has 0 amide bonds. The average Bonchev–Trinajstić information content (AvgIpc) is 2.95. The second-order valence-corrected chi connectivity index (χ2v) is 4.82. The number of hydrogen-bond donors (Lipinski definition) is 1. The summed E-state index contributed by atoms with van der Waals surface area (Å²) in [6.45, 7) is 2.47. The van der Waals surface area contributed by atoms with Gasteiger partial charge in [-0.15, -0.1) is 0 Å². The van der Waals surface area contributed by atoms with Crippen LogP contribution >= 0.6 is 0 Å². The maximum atomic E-state index is 11.2. The van der Waals surface area contributed by atoms with E-state index in [0.717, 1.165) is 19.5 Å². The van der Waals surface area contributed by atoms with Crippen LogP contribution in [0.5, 0.6) is 0 Å². The van der Waals surface area contributed by atoms with Crippen molar-refractivity contribution in [3.8, 4) is 0 Å². The molecule has 0 bridgehead atoms. The molecule has 104 valence electrons. The van der Waals surface area contributed by atoms with Gasteiger partial charge in [0.05, 0.1) is 5.69 Å². The second-order valence-electron chi connectivity index (χ2n) is 4.82. The third-order valence-electron chi connectivity index (χ3n) is 3.46. The number of carbonyl (C=O) groups is 1. The smallest absolute Gasteiger partial charge is 0.367 e. The molecule has 1 aromatic carbocycles. The van der Waals surface area contributed by atoms with E-state index in [1.54, 1.807) is 6.07 Å². The van der Waals surface area contributed by atoms with Crippen molar-refractivity contribution in [2.24, 2.45) is 5.90 Å². The minimum atomic E-state index is -0.715. The summed E-state index contributed by atoms with van der Waals surface area (Å²) < 4.78 is 4.90. The van der Waals surface area contributed by atoms with Crippen molar-refractivity contribution in [3.63, 3.8) is 0 Å². The molecule has 3 rings (SSSR count). The van der Waals surface area contributed by atoms with Gasteiger partial charge in [-0.3, -0.25) is 4.90 Å². The third-order valence-corrected chi connectivity index (χ3v) is 3.46. The van der Waals surface area contributed by atoms with E-state index < -0.39 is 5.97 Å². The molecular formula is C14H15N3O3. The highest BCUT2D eigenvalue weighted by molar-refractivity contribution is 5.85. The van der Waals surface area contributed by atoms with Gasteiger partial charge in [-0.05, 0) is 17.5 Å². The van der Waals surface area contributed by atoms with E-state index in [0.29, 0.717) is 12.2 Å². The molecule has 2 heterocycles. The number of aromatic nitrogens is 1. The van der Waals surface area contributed by atoms with Crippen LogP contribution in [0.1, 0.15) is 27.4 Å². The molecule has 2 aromatic rings. The van der Waals surface area contributed by atoms with Crippen molar-refractivity contribution in [2.45, 2.75) is 19.5 Å². The first-order valence-corrected chi connectivity index (χ1v) is 6.42. The van der Waals surface area contributed by atoms with Crippen molar-refractivity contribution in [2.75, 3.05) is 6.54 Å². The van der Waals surface area contributed by atoms with Crippen LogP contribution in [-0.2, 0) is 24.3 Å². The summed E-state index contributed by atoms with van der Waals surface area (Å²) >= 11 is 0. The van der Waals surface area contributed by atoms with Gasteiger partial charge in [-0.2, -0.15) is 5.90 Å². The number of hydrogen-bond acceptors (Lipinski definition) is 6. The molecule has 0 fully saturated rings. The number of carbonyl (C=O) groups excluding carboxylic acids is 1. The Hall–Kier alpha value is -2.18. The fourth-order valence-electron chi connectivity index (χ4n) is 2.46. The Morgan fingerprint density at radius 1 is 1.40 bits per heavy atom. The van der Waals surface area contributed by atoms with Crippen LogP contribution in [0.3, 0.4) is 0 Å². The molecular weight excluding hydrogens is 258 g/mol. The molecule has 0 aliphatic carbocycles. The lowest BCUT2D eigenvalue weighted by Crippen LogP contribution is -2.30. The number of rotatable bonds is 3. The van der Waals surface area contributed by atoms with Crippen molar-refractivity contribution in [3.05, 3.63) is 52.9 Å². The minimum Gasteiger partial charge on any atom is -0.367 e. The molecule has 0 saturated heterocycles. The summed E-state index contributed by atoms with van der Waals surface area (Å²) in [5.41, 5.74) is 3.44. The fraction of sp³-hybridized carbons (Fsp3) is 0.286. The number of benzene rings is 1. The van der Waals surface area contributed by atoms with E-state index in [2.05, 4.69) is 33.1 Å². The van der Waals surface area contributed by atoms with E-state index in [1.165, 1.54) is 11.1 Å². The van der Waals surface area contributed by atoms with Gasteiger partial charge in [0.2, 0.25) is 5.76 Å². The van der Waals surface area contributed by atoms with Crippen molar-refractivity contribution < 1.29 is 14.2 Å². The molecule has 0 unspecified atom stereocenters.